The van der Waals surface area contributed by atoms with Crippen molar-refractivity contribution >= 4 is 27.3 Å². The van der Waals surface area contributed by atoms with E-state index in [0.29, 0.717) is 6.42 Å². The molecule has 1 unspecified atom stereocenters. The van der Waals surface area contributed by atoms with Crippen LogP contribution in [0.4, 0.5) is 0 Å². The van der Waals surface area contributed by atoms with Gasteiger partial charge in [-0.05, 0) is 6.42 Å². The first-order chi connectivity index (χ1) is 3.77. The Balaban J connectivity index is -0.000000245. The number of halogens is 1. The summed E-state index contributed by atoms with van der Waals surface area (Å²) in [6.45, 7) is 0.265. The number of rotatable bonds is 4. The van der Waals surface area contributed by atoms with Gasteiger partial charge in [-0.2, -0.15) is 0 Å². The number of alkyl halides is 1. The Bertz CT molecular complexity index is 86.1. The van der Waals surface area contributed by atoms with Crippen molar-refractivity contribution in [1.82, 2.24) is 0 Å². The van der Waals surface area contributed by atoms with Gasteiger partial charge in [-0.3, -0.25) is 0 Å². The molecule has 0 N–H and O–H groups in total. The molecule has 6 heteroatoms. The van der Waals surface area contributed by atoms with Crippen molar-refractivity contribution < 1.29 is 43.9 Å². The van der Waals surface area contributed by atoms with Gasteiger partial charge in [-0.15, -0.1) is 0 Å². The Morgan fingerprint density at radius 2 is 2.33 bits per heavy atom. The van der Waals surface area contributed by atoms with Crippen molar-refractivity contribution in [2.45, 2.75) is 6.42 Å². The van der Waals surface area contributed by atoms with Crippen LogP contribution in [0.15, 0.2) is 0 Å². The third-order valence-electron chi connectivity index (χ3n) is 0.458. The second-order valence-corrected chi connectivity index (χ2v) is 2.51. The molecule has 0 aliphatic carbocycles. The Labute approximate surface area is 88.9 Å². The van der Waals surface area contributed by atoms with E-state index in [9.17, 15) is 8.76 Å². The van der Waals surface area contributed by atoms with Crippen LogP contribution in [0.2, 0.25) is 0 Å². The summed E-state index contributed by atoms with van der Waals surface area (Å²) in [7, 11) is 0. The quantitative estimate of drug-likeness (QED) is 0.234. The van der Waals surface area contributed by atoms with Crippen molar-refractivity contribution in [2.24, 2.45) is 0 Å². The van der Waals surface area contributed by atoms with Crippen LogP contribution in [0.25, 0.3) is 0 Å². The normalized spacial score (nSPS) is 12.2. The van der Waals surface area contributed by atoms with Crippen LogP contribution in [0.1, 0.15) is 7.85 Å². The molecule has 1 atom stereocenters. The Morgan fingerprint density at radius 1 is 1.78 bits per heavy atom. The van der Waals surface area contributed by atoms with Crippen LogP contribution >= 0.6 is 15.9 Å². The molecule has 0 saturated carbocycles. The molecule has 0 rings (SSSR count). The molecule has 3 nitrogen and oxygen atoms in total. The van der Waals surface area contributed by atoms with Crippen LogP contribution < -0.4 is 29.6 Å². The summed E-state index contributed by atoms with van der Waals surface area (Å²) in [6, 6.07) is 0. The summed E-state index contributed by atoms with van der Waals surface area (Å²) in [4.78, 5) is 0. The van der Waals surface area contributed by atoms with E-state index in [2.05, 4.69) is 20.1 Å². The first-order valence-corrected chi connectivity index (χ1v) is 4.18. The molecule has 0 aliphatic rings. The molecule has 0 aliphatic heterocycles. The monoisotopic (exact) mass is 225 g/mol. The number of hydrogen-bond acceptors (Lipinski definition) is 3. The Morgan fingerprint density at radius 3 is 2.67 bits per heavy atom. The Hall–Kier alpha value is 1.55. The number of hydrogen-bond donors (Lipinski definition) is 0. The smallest absolute Gasteiger partial charge is 1.00 e. The average Bonchev–Trinajstić information content (AvgIpc) is 1.66. The largest absolute Gasteiger partial charge is 1.00 e. The molecule has 52 valence electrons. The molecule has 0 radical (unpaired) electrons. The maximum Gasteiger partial charge on any atom is 1.00 e. The van der Waals surface area contributed by atoms with Crippen LogP contribution in [0.3, 0.4) is 0 Å². The van der Waals surface area contributed by atoms with E-state index in [1.165, 1.54) is 0 Å². The van der Waals surface area contributed by atoms with Crippen molar-refractivity contribution in [3.8, 4) is 0 Å². The van der Waals surface area contributed by atoms with Gasteiger partial charge in [0.05, 0.1) is 18.0 Å². The summed E-state index contributed by atoms with van der Waals surface area (Å²) >= 11 is 0.781. The standard InChI is InChI=1S/C3H7BrO3S.Na.H/c4-2-1-3-7-8(5)6;;/h1-3H2,(H,5,6);;/q;+1;-1/p-1. The van der Waals surface area contributed by atoms with Gasteiger partial charge < -0.3 is 10.2 Å². The molecular formula is C3H7BrNaO3S-. The fraction of sp³-hybridized carbons (Fsp3) is 1.00. The molecular weight excluding hydrogens is 219 g/mol. The van der Waals surface area contributed by atoms with E-state index in [0.717, 1.165) is 5.33 Å². The summed E-state index contributed by atoms with van der Waals surface area (Å²) in [5.74, 6) is 0. The van der Waals surface area contributed by atoms with Crippen LogP contribution in [0, 0.1) is 0 Å². The zero-order valence-corrected chi connectivity index (χ0v) is 9.53. The van der Waals surface area contributed by atoms with E-state index in [1.807, 2.05) is 0 Å². The molecule has 9 heavy (non-hydrogen) atoms. The third kappa shape index (κ3) is 12.7. The van der Waals surface area contributed by atoms with E-state index >= 15 is 0 Å². The summed E-state index contributed by atoms with van der Waals surface area (Å²) in [5.41, 5.74) is 0. The molecule has 0 fully saturated rings. The molecule has 0 heterocycles. The summed E-state index contributed by atoms with van der Waals surface area (Å²) < 4.78 is 23.4. The fourth-order valence-corrected chi connectivity index (χ4v) is 0.664. The minimum Gasteiger partial charge on any atom is -1.00 e. The van der Waals surface area contributed by atoms with Crippen molar-refractivity contribution in [3.63, 3.8) is 0 Å². The minimum absolute atomic E-state index is 0. The third-order valence-corrected chi connectivity index (χ3v) is 1.38. The van der Waals surface area contributed by atoms with Crippen LogP contribution in [0.5, 0.6) is 0 Å². The molecule has 0 saturated heterocycles. The molecule has 0 aromatic carbocycles. The summed E-state index contributed by atoms with van der Waals surface area (Å²) in [6.07, 6.45) is 0.716. The van der Waals surface area contributed by atoms with Gasteiger partial charge in [0.15, 0.2) is 0 Å². The predicted molar refractivity (Wildman–Crippen MR) is 34.4 cm³/mol. The van der Waals surface area contributed by atoms with E-state index in [-0.39, 0.29) is 37.6 Å². The molecule has 0 amide bonds. The van der Waals surface area contributed by atoms with Crippen LogP contribution in [-0.4, -0.2) is 20.7 Å². The fourth-order valence-electron chi connectivity index (χ4n) is 0.182. The Kier molecular flexibility index (Phi) is 14.0. The van der Waals surface area contributed by atoms with Crippen molar-refractivity contribution in [2.75, 3.05) is 11.9 Å². The van der Waals surface area contributed by atoms with Crippen molar-refractivity contribution in [1.29, 1.82) is 0 Å². The van der Waals surface area contributed by atoms with Crippen molar-refractivity contribution in [3.05, 3.63) is 0 Å². The minimum atomic E-state index is -2.34. The van der Waals surface area contributed by atoms with Gasteiger partial charge in [0.1, 0.15) is 0 Å². The molecule has 0 bridgehead atoms. The second kappa shape index (κ2) is 9.55. The van der Waals surface area contributed by atoms with Crippen LogP contribution in [-0.2, 0) is 15.5 Å². The van der Waals surface area contributed by atoms with Gasteiger partial charge in [0.2, 0.25) is 0 Å². The second-order valence-electron chi connectivity index (χ2n) is 1.07. The average molecular weight is 226 g/mol. The van der Waals surface area contributed by atoms with Gasteiger partial charge in [0.25, 0.3) is 0 Å². The molecule has 0 aromatic rings. The first-order valence-electron chi connectivity index (χ1n) is 2.06. The van der Waals surface area contributed by atoms with E-state index in [4.69, 9.17) is 0 Å². The van der Waals surface area contributed by atoms with E-state index < -0.39 is 11.4 Å². The summed E-state index contributed by atoms with van der Waals surface area (Å²) in [5, 5.41) is 0.768. The van der Waals surface area contributed by atoms with E-state index in [1.54, 1.807) is 0 Å². The first kappa shape index (κ1) is 13.2. The maximum absolute atomic E-state index is 9.64. The maximum atomic E-state index is 9.64. The van der Waals surface area contributed by atoms with Gasteiger partial charge >= 0.3 is 29.6 Å². The topological polar surface area (TPSA) is 49.4 Å². The van der Waals surface area contributed by atoms with Gasteiger partial charge in [-0.1, -0.05) is 15.9 Å². The van der Waals surface area contributed by atoms with Gasteiger partial charge in [0, 0.05) is 5.33 Å². The van der Waals surface area contributed by atoms with Gasteiger partial charge in [-0.25, -0.2) is 4.21 Å². The zero-order chi connectivity index (χ0) is 6.41. The predicted octanol–water partition coefficient (Wildman–Crippen LogP) is -2.30. The zero-order valence-electron chi connectivity index (χ0n) is 6.13. The molecule has 0 aromatic heterocycles. The SMILES string of the molecule is O=S([O-])OCCCBr.[H-].[Na+]. The molecule has 0 spiro atoms.